The molecule has 0 atom stereocenters. The van der Waals surface area contributed by atoms with E-state index >= 15 is 0 Å². The van der Waals surface area contributed by atoms with E-state index < -0.39 is 0 Å². The number of hydrogen-bond donors (Lipinski definition) is 1. The van der Waals surface area contributed by atoms with Crippen LogP contribution in [0.25, 0.3) is 0 Å². The summed E-state index contributed by atoms with van der Waals surface area (Å²) in [6.07, 6.45) is 6.63. The van der Waals surface area contributed by atoms with Gasteiger partial charge in [-0.25, -0.2) is 4.39 Å². The van der Waals surface area contributed by atoms with Gasteiger partial charge in [-0.1, -0.05) is 6.42 Å². The second-order valence-corrected chi connectivity index (χ2v) is 7.30. The van der Waals surface area contributed by atoms with E-state index in [2.05, 4.69) is 25.1 Å². The molecule has 1 N–H and O–H groups in total. The molecule has 2 aromatic rings. The largest absolute Gasteiger partial charge is 0.492 e. The number of ether oxygens (including phenoxy) is 1. The topological polar surface area (TPSA) is 67.6 Å². The lowest BCUT2D eigenvalue weighted by molar-refractivity contribution is 0.281. The van der Waals surface area contributed by atoms with Gasteiger partial charge in [-0.2, -0.15) is 0 Å². The normalized spacial score (nSPS) is 14.2. The molecule has 0 unspecified atom stereocenters. The summed E-state index contributed by atoms with van der Waals surface area (Å²) in [5.41, 5.74) is 0. The van der Waals surface area contributed by atoms with E-state index in [0.29, 0.717) is 18.9 Å². The Morgan fingerprint density at radius 3 is 2.86 bits per heavy atom. The summed E-state index contributed by atoms with van der Waals surface area (Å²) in [7, 11) is 3.75. The fourth-order valence-corrected chi connectivity index (χ4v) is 3.50. The van der Waals surface area contributed by atoms with Crippen LogP contribution in [-0.2, 0) is 19.4 Å². The van der Waals surface area contributed by atoms with Crippen molar-refractivity contribution >= 4 is 5.96 Å². The van der Waals surface area contributed by atoms with E-state index in [0.717, 1.165) is 50.0 Å². The Morgan fingerprint density at radius 2 is 2.07 bits per heavy atom. The average Bonchev–Trinajstić information content (AvgIpc) is 2.95. The van der Waals surface area contributed by atoms with Crippen molar-refractivity contribution in [3.63, 3.8) is 0 Å². The van der Waals surface area contributed by atoms with Crippen LogP contribution >= 0.6 is 0 Å². The first-order chi connectivity index (χ1) is 14.2. The smallest absolute Gasteiger partial charge is 0.193 e. The zero-order chi connectivity index (χ0) is 20.5. The molecular formula is C21H31FN6O. The minimum atomic E-state index is -0.263. The van der Waals surface area contributed by atoms with Crippen LogP contribution < -0.4 is 10.1 Å². The molecule has 0 aliphatic carbocycles. The quantitative estimate of drug-likeness (QED) is 0.418. The third-order valence-electron chi connectivity index (χ3n) is 5.13. The summed E-state index contributed by atoms with van der Waals surface area (Å²) >= 11 is 0. The van der Waals surface area contributed by atoms with Crippen molar-refractivity contribution in [2.24, 2.45) is 4.99 Å². The Kier molecular flexibility index (Phi) is 7.84. The third-order valence-corrected chi connectivity index (χ3v) is 5.13. The Hall–Kier alpha value is -2.64. The zero-order valence-corrected chi connectivity index (χ0v) is 17.4. The number of aromatic nitrogens is 3. The van der Waals surface area contributed by atoms with Gasteiger partial charge >= 0.3 is 0 Å². The van der Waals surface area contributed by atoms with Crippen LogP contribution in [0.1, 0.15) is 37.3 Å². The highest BCUT2D eigenvalue weighted by atomic mass is 19.1. The first-order valence-electron chi connectivity index (χ1n) is 10.4. The number of aliphatic imine (C=N–C) groups is 1. The number of guanidine groups is 1. The van der Waals surface area contributed by atoms with Gasteiger partial charge in [0.2, 0.25) is 0 Å². The fraction of sp³-hybridized carbons (Fsp3) is 0.571. The molecule has 0 saturated heterocycles. The Labute approximate surface area is 172 Å². The number of nitrogens with one attached hydrogen (secondary N) is 1. The molecule has 29 heavy (non-hydrogen) atoms. The van der Waals surface area contributed by atoms with Gasteiger partial charge in [0.05, 0.1) is 6.54 Å². The number of nitrogens with zero attached hydrogens (tertiary/aromatic N) is 5. The predicted molar refractivity (Wildman–Crippen MR) is 112 cm³/mol. The standard InChI is InChI=1S/C21H31FN6O/c1-23-21(27(2)15-16-29-18-11-9-17(22)10-12-18)24-13-6-8-20-26-25-19-7-4-3-5-14-28(19)20/h9-12H,3-8,13-16H2,1-2H3,(H,23,24). The van der Waals surface area contributed by atoms with E-state index in [1.54, 1.807) is 19.2 Å². The summed E-state index contributed by atoms with van der Waals surface area (Å²) < 4.78 is 20.9. The molecule has 3 rings (SSSR count). The van der Waals surface area contributed by atoms with Gasteiger partial charge in [-0.3, -0.25) is 4.99 Å². The highest BCUT2D eigenvalue weighted by Gasteiger charge is 2.14. The molecule has 0 fully saturated rings. The molecule has 8 heteroatoms. The maximum absolute atomic E-state index is 12.9. The molecule has 1 aromatic carbocycles. The molecule has 0 radical (unpaired) electrons. The lowest BCUT2D eigenvalue weighted by Gasteiger charge is -2.22. The maximum Gasteiger partial charge on any atom is 0.193 e. The molecule has 2 heterocycles. The van der Waals surface area contributed by atoms with E-state index in [1.807, 2.05) is 11.9 Å². The van der Waals surface area contributed by atoms with Gasteiger partial charge in [-0.15, -0.1) is 10.2 Å². The van der Waals surface area contributed by atoms with Gasteiger partial charge in [0, 0.05) is 40.0 Å². The van der Waals surface area contributed by atoms with Crippen LogP contribution in [0.3, 0.4) is 0 Å². The van der Waals surface area contributed by atoms with E-state index in [1.165, 1.54) is 31.4 Å². The Morgan fingerprint density at radius 1 is 1.24 bits per heavy atom. The summed E-state index contributed by atoms with van der Waals surface area (Å²) in [6.45, 7) is 3.03. The molecule has 0 spiro atoms. The Bertz CT molecular complexity index is 789. The molecule has 0 amide bonds. The molecular weight excluding hydrogens is 371 g/mol. The first-order valence-corrected chi connectivity index (χ1v) is 10.4. The van der Waals surface area contributed by atoms with E-state index in [9.17, 15) is 4.39 Å². The first kappa shape index (κ1) is 21.1. The molecule has 0 saturated carbocycles. The number of rotatable bonds is 8. The monoisotopic (exact) mass is 402 g/mol. The van der Waals surface area contributed by atoms with Gasteiger partial charge in [-0.05, 0) is 43.5 Å². The molecule has 1 aromatic heterocycles. The van der Waals surface area contributed by atoms with Gasteiger partial charge in [0.25, 0.3) is 0 Å². The Balaban J connectivity index is 1.37. The number of hydrogen-bond acceptors (Lipinski definition) is 4. The van der Waals surface area contributed by atoms with Crippen molar-refractivity contribution in [2.75, 3.05) is 33.8 Å². The lowest BCUT2D eigenvalue weighted by Crippen LogP contribution is -2.41. The van der Waals surface area contributed by atoms with Crippen molar-refractivity contribution in [3.05, 3.63) is 41.7 Å². The number of halogens is 1. The molecule has 1 aliphatic rings. The van der Waals surface area contributed by atoms with Crippen LogP contribution in [0.4, 0.5) is 4.39 Å². The highest BCUT2D eigenvalue weighted by Crippen LogP contribution is 2.15. The van der Waals surface area contributed by atoms with Gasteiger partial charge in [0.1, 0.15) is 29.8 Å². The van der Waals surface area contributed by atoms with Crippen LogP contribution in [0.15, 0.2) is 29.3 Å². The highest BCUT2D eigenvalue weighted by molar-refractivity contribution is 5.79. The van der Waals surface area contributed by atoms with Crippen LogP contribution in [0, 0.1) is 5.82 Å². The van der Waals surface area contributed by atoms with Crippen molar-refractivity contribution < 1.29 is 9.13 Å². The minimum Gasteiger partial charge on any atom is -0.492 e. The van der Waals surface area contributed by atoms with Crippen molar-refractivity contribution in [3.8, 4) is 5.75 Å². The number of fused-ring (bicyclic) bond motifs is 1. The van der Waals surface area contributed by atoms with Crippen LogP contribution in [0.2, 0.25) is 0 Å². The zero-order valence-electron chi connectivity index (χ0n) is 17.4. The van der Waals surface area contributed by atoms with Crippen LogP contribution in [0.5, 0.6) is 5.75 Å². The number of benzene rings is 1. The maximum atomic E-state index is 12.9. The summed E-state index contributed by atoms with van der Waals surface area (Å²) in [6, 6.07) is 6.06. The molecule has 0 bridgehead atoms. The van der Waals surface area contributed by atoms with E-state index in [4.69, 9.17) is 4.74 Å². The van der Waals surface area contributed by atoms with Crippen LogP contribution in [-0.4, -0.2) is 59.4 Å². The fourth-order valence-electron chi connectivity index (χ4n) is 3.50. The van der Waals surface area contributed by atoms with Crippen molar-refractivity contribution in [1.82, 2.24) is 25.0 Å². The molecule has 7 nitrogen and oxygen atoms in total. The summed E-state index contributed by atoms with van der Waals surface area (Å²) in [5, 5.41) is 12.1. The average molecular weight is 403 g/mol. The number of aryl methyl sites for hydroxylation is 2. The predicted octanol–water partition coefficient (Wildman–Crippen LogP) is 2.66. The van der Waals surface area contributed by atoms with Crippen molar-refractivity contribution in [2.45, 2.75) is 45.1 Å². The lowest BCUT2D eigenvalue weighted by atomic mass is 10.2. The van der Waals surface area contributed by atoms with Gasteiger partial charge in [0.15, 0.2) is 5.96 Å². The number of likely N-dealkylation sites (N-methyl/N-ethyl adjacent to an activating group) is 1. The summed E-state index contributed by atoms with van der Waals surface area (Å²) in [5.74, 6) is 3.46. The molecule has 1 aliphatic heterocycles. The second kappa shape index (κ2) is 10.8. The SMILES string of the molecule is CN=C(NCCCc1nnc2n1CCCCC2)N(C)CCOc1ccc(F)cc1. The van der Waals surface area contributed by atoms with Gasteiger partial charge < -0.3 is 19.5 Å². The minimum absolute atomic E-state index is 0.263. The van der Waals surface area contributed by atoms with E-state index in [-0.39, 0.29) is 5.82 Å². The van der Waals surface area contributed by atoms with Crippen molar-refractivity contribution in [1.29, 1.82) is 0 Å². The summed E-state index contributed by atoms with van der Waals surface area (Å²) in [4.78, 5) is 6.36. The molecule has 158 valence electrons. The second-order valence-electron chi connectivity index (χ2n) is 7.30. The third kappa shape index (κ3) is 6.17.